The Morgan fingerprint density at radius 3 is 2.31 bits per heavy atom. The molecule has 0 saturated carbocycles. The minimum absolute atomic E-state index is 0.0108. The molecule has 1 atom stereocenters. The van der Waals surface area contributed by atoms with Crippen molar-refractivity contribution in [3.8, 4) is 17.4 Å². The van der Waals surface area contributed by atoms with Gasteiger partial charge in [0.05, 0.1) is 26.7 Å². The molecule has 1 fully saturated rings. The van der Waals surface area contributed by atoms with E-state index in [-0.39, 0.29) is 35.9 Å². The molecule has 0 spiro atoms. The molecule has 1 saturated heterocycles. The molecule has 4 aromatic rings. The molecule has 5 rings (SSSR count). The number of carbonyl (C=O) groups is 2. The van der Waals surface area contributed by atoms with Crippen molar-refractivity contribution in [2.75, 3.05) is 38.8 Å². The van der Waals surface area contributed by atoms with Crippen LogP contribution >= 0.6 is 11.6 Å². The Labute approximate surface area is 249 Å². The highest BCUT2D eigenvalue weighted by Crippen LogP contribution is 2.25. The van der Waals surface area contributed by atoms with Gasteiger partial charge < -0.3 is 24.6 Å². The smallest absolute Gasteiger partial charge is 0.238 e. The lowest BCUT2D eigenvalue weighted by Gasteiger charge is -2.42. The van der Waals surface area contributed by atoms with Crippen molar-refractivity contribution >= 4 is 29.2 Å². The van der Waals surface area contributed by atoms with Crippen LogP contribution in [-0.4, -0.2) is 76.1 Å². The standard InChI is InChI=1S/C30H32ClN7O4/c1-41-24-7-3-21(4-8-24)15-29(40)36-13-14-38(27-17-26(31)34-30(35-27)37-12-11-32-20-37)23(19-36)16-28(39)33-18-22-5-9-25(42-2)10-6-22/h3-12,17,20,23H,13-16,18-19H2,1-2H3,(H,33,39). The number of nitrogens with one attached hydrogen (secondary N) is 1. The predicted octanol–water partition coefficient (Wildman–Crippen LogP) is 3.30. The van der Waals surface area contributed by atoms with Gasteiger partial charge in [-0.15, -0.1) is 0 Å². The fourth-order valence-corrected chi connectivity index (χ4v) is 5.03. The predicted molar refractivity (Wildman–Crippen MR) is 158 cm³/mol. The van der Waals surface area contributed by atoms with Crippen LogP contribution in [0.2, 0.25) is 5.15 Å². The van der Waals surface area contributed by atoms with Crippen LogP contribution in [0, 0.1) is 0 Å². The number of nitrogens with zero attached hydrogens (tertiary/aromatic N) is 6. The summed E-state index contributed by atoms with van der Waals surface area (Å²) in [5.41, 5.74) is 1.85. The van der Waals surface area contributed by atoms with E-state index in [0.29, 0.717) is 37.9 Å². The normalized spacial score (nSPS) is 14.9. The molecule has 42 heavy (non-hydrogen) atoms. The number of benzene rings is 2. The third kappa shape index (κ3) is 7.16. The maximum Gasteiger partial charge on any atom is 0.238 e. The molecule has 218 valence electrons. The number of ether oxygens (including phenoxy) is 2. The van der Waals surface area contributed by atoms with Gasteiger partial charge in [0.2, 0.25) is 17.8 Å². The first-order valence-electron chi connectivity index (χ1n) is 13.5. The highest BCUT2D eigenvalue weighted by Gasteiger charge is 2.32. The minimum Gasteiger partial charge on any atom is -0.497 e. The number of rotatable bonds is 10. The van der Waals surface area contributed by atoms with Crippen molar-refractivity contribution in [2.45, 2.75) is 25.4 Å². The first kappa shape index (κ1) is 28.9. The van der Waals surface area contributed by atoms with E-state index in [2.05, 4.69) is 15.3 Å². The molecular weight excluding hydrogens is 558 g/mol. The molecule has 2 amide bonds. The SMILES string of the molecule is COc1ccc(CNC(=O)CC2CN(C(=O)Cc3ccc(OC)cc3)CCN2c2cc(Cl)nc(-n3ccnc3)n2)cc1. The van der Waals surface area contributed by atoms with Crippen LogP contribution in [0.5, 0.6) is 11.5 Å². The zero-order chi connectivity index (χ0) is 29.5. The van der Waals surface area contributed by atoms with E-state index in [4.69, 9.17) is 26.1 Å². The van der Waals surface area contributed by atoms with Crippen molar-refractivity contribution in [2.24, 2.45) is 0 Å². The average molecular weight is 590 g/mol. The van der Waals surface area contributed by atoms with Gasteiger partial charge in [0.25, 0.3) is 0 Å². The number of aromatic nitrogens is 4. The van der Waals surface area contributed by atoms with Crippen LogP contribution < -0.4 is 19.7 Å². The largest absolute Gasteiger partial charge is 0.497 e. The van der Waals surface area contributed by atoms with Gasteiger partial charge >= 0.3 is 0 Å². The topological polar surface area (TPSA) is 115 Å². The first-order chi connectivity index (χ1) is 20.4. The Hall–Kier alpha value is -4.64. The number of methoxy groups -OCH3 is 2. The van der Waals surface area contributed by atoms with Crippen LogP contribution in [0.4, 0.5) is 5.82 Å². The molecule has 0 aliphatic carbocycles. The summed E-state index contributed by atoms with van der Waals surface area (Å²) < 4.78 is 12.1. The summed E-state index contributed by atoms with van der Waals surface area (Å²) in [5.74, 6) is 2.29. The quantitative estimate of drug-likeness (QED) is 0.280. The fourth-order valence-electron chi connectivity index (χ4n) is 4.85. The van der Waals surface area contributed by atoms with Gasteiger partial charge in [-0.05, 0) is 35.4 Å². The molecule has 11 nitrogen and oxygen atoms in total. The number of halogens is 1. The molecule has 1 aliphatic rings. The molecule has 1 aliphatic heterocycles. The van der Waals surface area contributed by atoms with E-state index in [1.54, 1.807) is 43.6 Å². The lowest BCUT2D eigenvalue weighted by Crippen LogP contribution is -2.56. The molecule has 2 aromatic heterocycles. The van der Waals surface area contributed by atoms with Crippen molar-refractivity contribution in [3.63, 3.8) is 0 Å². The van der Waals surface area contributed by atoms with Gasteiger partial charge in [-0.3, -0.25) is 14.2 Å². The maximum absolute atomic E-state index is 13.3. The van der Waals surface area contributed by atoms with Gasteiger partial charge in [-0.2, -0.15) is 4.98 Å². The van der Waals surface area contributed by atoms with Gasteiger partial charge in [-0.25, -0.2) is 9.97 Å². The molecule has 1 N–H and O–H groups in total. The minimum atomic E-state index is -0.337. The van der Waals surface area contributed by atoms with E-state index >= 15 is 0 Å². The second-order valence-corrected chi connectivity index (χ2v) is 10.2. The number of anilines is 1. The van der Waals surface area contributed by atoms with E-state index in [0.717, 1.165) is 22.6 Å². The Bertz CT molecular complexity index is 1500. The Kier molecular flexibility index (Phi) is 9.18. The van der Waals surface area contributed by atoms with E-state index in [1.807, 2.05) is 58.3 Å². The van der Waals surface area contributed by atoms with Crippen LogP contribution in [0.3, 0.4) is 0 Å². The zero-order valence-electron chi connectivity index (χ0n) is 23.4. The second-order valence-electron chi connectivity index (χ2n) is 9.86. The Morgan fingerprint density at radius 1 is 0.976 bits per heavy atom. The number of hydrogen-bond donors (Lipinski definition) is 1. The highest BCUT2D eigenvalue weighted by atomic mass is 35.5. The third-order valence-corrected chi connectivity index (χ3v) is 7.31. The van der Waals surface area contributed by atoms with Crippen molar-refractivity contribution in [1.29, 1.82) is 0 Å². The summed E-state index contributed by atoms with van der Waals surface area (Å²) in [4.78, 5) is 43.5. The molecule has 0 radical (unpaired) electrons. The first-order valence-corrected chi connectivity index (χ1v) is 13.9. The molecule has 3 heterocycles. The van der Waals surface area contributed by atoms with Crippen molar-refractivity contribution in [3.05, 3.63) is 89.6 Å². The van der Waals surface area contributed by atoms with Gasteiger partial charge in [0.15, 0.2) is 0 Å². The summed E-state index contributed by atoms with van der Waals surface area (Å²) >= 11 is 6.40. The number of hydrogen-bond acceptors (Lipinski definition) is 8. The van der Waals surface area contributed by atoms with Crippen LogP contribution in [0.25, 0.3) is 5.95 Å². The summed E-state index contributed by atoms with van der Waals surface area (Å²) in [6.07, 6.45) is 5.37. The molecule has 12 heteroatoms. The van der Waals surface area contributed by atoms with E-state index in [9.17, 15) is 9.59 Å². The number of carbonyl (C=O) groups excluding carboxylic acids is 2. The van der Waals surface area contributed by atoms with Crippen molar-refractivity contribution in [1.82, 2.24) is 29.7 Å². The summed E-state index contributed by atoms with van der Waals surface area (Å²) in [5, 5.41) is 3.27. The Balaban J connectivity index is 1.32. The summed E-state index contributed by atoms with van der Waals surface area (Å²) in [6.45, 7) is 1.68. The third-order valence-electron chi connectivity index (χ3n) is 7.12. The van der Waals surface area contributed by atoms with Gasteiger partial charge in [-0.1, -0.05) is 35.9 Å². The van der Waals surface area contributed by atoms with E-state index < -0.39 is 0 Å². The molecule has 0 bridgehead atoms. The molecular formula is C30H32ClN7O4. The number of amides is 2. The Morgan fingerprint density at radius 2 is 1.67 bits per heavy atom. The lowest BCUT2D eigenvalue weighted by atomic mass is 10.1. The highest BCUT2D eigenvalue weighted by molar-refractivity contribution is 6.29. The van der Waals surface area contributed by atoms with E-state index in [1.165, 1.54) is 0 Å². The van der Waals surface area contributed by atoms with Gasteiger partial charge in [0.1, 0.15) is 28.8 Å². The maximum atomic E-state index is 13.3. The fraction of sp³-hybridized carbons (Fsp3) is 0.300. The second kappa shape index (κ2) is 13.3. The van der Waals surface area contributed by atoms with Crippen LogP contribution in [0.1, 0.15) is 17.5 Å². The summed E-state index contributed by atoms with van der Waals surface area (Å²) in [7, 11) is 3.22. The number of piperazine rings is 1. The van der Waals surface area contributed by atoms with Crippen molar-refractivity contribution < 1.29 is 19.1 Å². The zero-order valence-corrected chi connectivity index (χ0v) is 24.2. The lowest BCUT2D eigenvalue weighted by molar-refractivity contribution is -0.132. The molecule has 1 unspecified atom stereocenters. The summed E-state index contributed by atoms with van der Waals surface area (Å²) in [6, 6.07) is 16.3. The molecule has 2 aromatic carbocycles. The monoisotopic (exact) mass is 589 g/mol. The number of imidazole rings is 1. The van der Waals surface area contributed by atoms with Gasteiger partial charge in [0, 0.05) is 51.1 Å². The van der Waals surface area contributed by atoms with Crippen LogP contribution in [-0.2, 0) is 22.6 Å². The average Bonchev–Trinajstić information content (AvgIpc) is 3.56. The van der Waals surface area contributed by atoms with Crippen LogP contribution in [0.15, 0.2) is 73.3 Å².